The van der Waals surface area contributed by atoms with Crippen LogP contribution in [0.25, 0.3) is 10.9 Å². The summed E-state index contributed by atoms with van der Waals surface area (Å²) < 4.78 is 12.8. The Bertz CT molecular complexity index is 1010. The number of ether oxygens (including phenoxy) is 2. The van der Waals surface area contributed by atoms with E-state index in [0.717, 1.165) is 71.6 Å². The van der Waals surface area contributed by atoms with Crippen molar-refractivity contribution in [1.29, 1.82) is 0 Å². The molecule has 2 aromatic heterocycles. The monoisotopic (exact) mass is 541 g/mol. The normalized spacial score (nSPS) is 11.3. The lowest BCUT2D eigenvalue weighted by Crippen LogP contribution is -2.38. The molecule has 3 aromatic rings. The maximum absolute atomic E-state index is 5.49. The summed E-state index contributed by atoms with van der Waals surface area (Å²) in [5.41, 5.74) is 2.18. The summed E-state index contributed by atoms with van der Waals surface area (Å²) in [4.78, 5) is 8.07. The van der Waals surface area contributed by atoms with Crippen molar-refractivity contribution < 1.29 is 9.47 Å². The summed E-state index contributed by atoms with van der Waals surface area (Å²) in [5, 5.41) is 16.0. The first-order valence-electron chi connectivity index (χ1n) is 10.2. The van der Waals surface area contributed by atoms with Gasteiger partial charge < -0.3 is 29.7 Å². The summed E-state index contributed by atoms with van der Waals surface area (Å²) in [6.07, 6.45) is 1.87. The Morgan fingerprint density at radius 2 is 1.97 bits per heavy atom. The minimum absolute atomic E-state index is 0. The highest BCUT2D eigenvalue weighted by Crippen LogP contribution is 2.31. The van der Waals surface area contributed by atoms with Crippen molar-refractivity contribution in [2.45, 2.75) is 33.2 Å². The van der Waals surface area contributed by atoms with Crippen LogP contribution >= 0.6 is 24.0 Å². The fourth-order valence-corrected chi connectivity index (χ4v) is 3.22. The van der Waals surface area contributed by atoms with Crippen LogP contribution in [0.3, 0.4) is 0 Å². The number of aryl methyl sites for hydroxylation is 2. The molecule has 0 amide bonds. The highest BCUT2D eigenvalue weighted by Gasteiger charge is 2.09. The number of halogens is 1. The molecular weight excluding hydrogens is 509 g/mol. The zero-order valence-corrected chi connectivity index (χ0v) is 21.1. The average molecular weight is 541 g/mol. The number of benzene rings is 1. The molecule has 10 heteroatoms. The lowest BCUT2D eigenvalue weighted by atomic mass is 10.2. The zero-order valence-electron chi connectivity index (χ0n) is 18.8. The fraction of sp³-hybridized carbons (Fsp3) is 0.476. The van der Waals surface area contributed by atoms with Crippen molar-refractivity contribution in [2.24, 2.45) is 12.0 Å². The molecule has 0 aliphatic heterocycles. The molecule has 0 spiro atoms. The number of H-pyrrole nitrogens is 1. The molecule has 1 aromatic carbocycles. The molecule has 0 fully saturated rings. The van der Waals surface area contributed by atoms with Gasteiger partial charge in [-0.2, -0.15) is 0 Å². The van der Waals surface area contributed by atoms with Crippen LogP contribution in [-0.2, 0) is 20.0 Å². The molecule has 0 saturated heterocycles. The molecule has 31 heavy (non-hydrogen) atoms. The van der Waals surface area contributed by atoms with E-state index in [1.54, 1.807) is 14.2 Å². The smallest absolute Gasteiger partial charge is 0.191 e. The predicted molar refractivity (Wildman–Crippen MR) is 134 cm³/mol. The molecule has 0 saturated carbocycles. The van der Waals surface area contributed by atoms with E-state index in [1.807, 2.05) is 30.7 Å². The Morgan fingerprint density at radius 3 is 2.61 bits per heavy atom. The predicted octanol–water partition coefficient (Wildman–Crippen LogP) is 2.93. The van der Waals surface area contributed by atoms with Crippen molar-refractivity contribution in [3.8, 4) is 11.5 Å². The minimum atomic E-state index is 0. The third-order valence-corrected chi connectivity index (χ3v) is 5.01. The van der Waals surface area contributed by atoms with E-state index in [2.05, 4.69) is 43.8 Å². The SMILES string of the molecule is CCNC(=NCc1nnc(C)n1C)NCCCc1cc2c(OC)cc(OC)cc2[nH]1.I. The number of nitrogens with zero attached hydrogens (tertiary/aromatic N) is 4. The van der Waals surface area contributed by atoms with Gasteiger partial charge in [0.1, 0.15) is 23.9 Å². The van der Waals surface area contributed by atoms with Crippen LogP contribution in [0, 0.1) is 6.92 Å². The topological polar surface area (TPSA) is 101 Å². The Balaban J connectivity index is 0.00000341. The number of nitrogens with one attached hydrogen (secondary N) is 3. The Kier molecular flexibility index (Phi) is 9.41. The highest BCUT2D eigenvalue weighted by molar-refractivity contribution is 14.0. The Labute approximate surface area is 200 Å². The van der Waals surface area contributed by atoms with Crippen molar-refractivity contribution in [1.82, 2.24) is 30.4 Å². The lowest BCUT2D eigenvalue weighted by Gasteiger charge is -2.11. The van der Waals surface area contributed by atoms with Gasteiger partial charge in [-0.15, -0.1) is 34.2 Å². The van der Waals surface area contributed by atoms with Crippen LogP contribution in [0.1, 0.15) is 30.7 Å². The van der Waals surface area contributed by atoms with Gasteiger partial charge in [-0.3, -0.25) is 0 Å². The van der Waals surface area contributed by atoms with Crippen LogP contribution in [-0.4, -0.2) is 53.0 Å². The van der Waals surface area contributed by atoms with Gasteiger partial charge in [-0.05, 0) is 32.8 Å². The van der Waals surface area contributed by atoms with Crippen LogP contribution in [0.5, 0.6) is 11.5 Å². The van der Waals surface area contributed by atoms with E-state index in [-0.39, 0.29) is 24.0 Å². The lowest BCUT2D eigenvalue weighted by molar-refractivity contribution is 0.398. The second kappa shape index (κ2) is 11.8. The first-order chi connectivity index (χ1) is 14.5. The van der Waals surface area contributed by atoms with E-state index >= 15 is 0 Å². The maximum atomic E-state index is 5.49. The van der Waals surface area contributed by atoms with Crippen LogP contribution in [0.2, 0.25) is 0 Å². The second-order valence-corrected chi connectivity index (χ2v) is 7.03. The van der Waals surface area contributed by atoms with Crippen molar-refractivity contribution in [3.63, 3.8) is 0 Å². The van der Waals surface area contributed by atoms with Gasteiger partial charge in [-0.1, -0.05) is 0 Å². The molecule has 0 aliphatic rings. The third kappa shape index (κ3) is 6.25. The van der Waals surface area contributed by atoms with Crippen LogP contribution < -0.4 is 20.1 Å². The standard InChI is InChI=1S/C21H31N7O2.HI/c1-6-22-21(24-13-20-27-26-14(2)28(20)3)23-9-7-8-15-10-17-18(25-15)11-16(29-4)12-19(17)30-5;/h10-12,25H,6-9,13H2,1-5H3,(H2,22,23,24);1H. The molecular formula is C21H32IN7O2. The molecule has 0 unspecified atom stereocenters. The van der Waals surface area contributed by atoms with E-state index in [0.29, 0.717) is 6.54 Å². The van der Waals surface area contributed by atoms with Gasteiger partial charge in [0.2, 0.25) is 0 Å². The van der Waals surface area contributed by atoms with Gasteiger partial charge >= 0.3 is 0 Å². The fourth-order valence-electron chi connectivity index (χ4n) is 3.22. The summed E-state index contributed by atoms with van der Waals surface area (Å²) in [6, 6.07) is 6.03. The largest absolute Gasteiger partial charge is 0.497 e. The van der Waals surface area contributed by atoms with E-state index < -0.39 is 0 Å². The second-order valence-electron chi connectivity index (χ2n) is 7.03. The number of hydrogen-bond acceptors (Lipinski definition) is 5. The summed E-state index contributed by atoms with van der Waals surface area (Å²) >= 11 is 0. The van der Waals surface area contributed by atoms with E-state index in [1.165, 1.54) is 0 Å². The van der Waals surface area contributed by atoms with Crippen molar-refractivity contribution in [2.75, 3.05) is 27.3 Å². The number of aliphatic imine (C=N–C) groups is 1. The molecule has 0 aliphatic carbocycles. The first-order valence-corrected chi connectivity index (χ1v) is 10.2. The number of fused-ring (bicyclic) bond motifs is 1. The molecule has 2 heterocycles. The van der Waals surface area contributed by atoms with Crippen LogP contribution in [0.4, 0.5) is 0 Å². The summed E-state index contributed by atoms with van der Waals surface area (Å²) in [7, 11) is 5.28. The van der Waals surface area contributed by atoms with Gasteiger partial charge in [0, 0.05) is 43.4 Å². The average Bonchev–Trinajstić information content (AvgIpc) is 3.31. The Morgan fingerprint density at radius 1 is 1.16 bits per heavy atom. The zero-order chi connectivity index (χ0) is 21.5. The highest BCUT2D eigenvalue weighted by atomic mass is 127. The van der Waals surface area contributed by atoms with Gasteiger partial charge in [-0.25, -0.2) is 4.99 Å². The molecule has 170 valence electrons. The summed E-state index contributed by atoms with van der Waals surface area (Å²) in [5.74, 6) is 4.09. The number of rotatable bonds is 9. The molecule has 3 rings (SSSR count). The maximum Gasteiger partial charge on any atom is 0.191 e. The van der Waals surface area contributed by atoms with E-state index in [9.17, 15) is 0 Å². The number of guanidine groups is 1. The summed E-state index contributed by atoms with van der Waals surface area (Å²) in [6.45, 7) is 6.07. The first kappa shape index (κ1) is 24.8. The third-order valence-electron chi connectivity index (χ3n) is 5.01. The Hall–Kier alpha value is -2.50. The number of aromatic nitrogens is 4. The van der Waals surface area contributed by atoms with Gasteiger partial charge in [0.05, 0.1) is 19.7 Å². The molecule has 9 nitrogen and oxygen atoms in total. The van der Waals surface area contributed by atoms with Crippen molar-refractivity contribution in [3.05, 3.63) is 35.5 Å². The molecule has 0 bridgehead atoms. The van der Waals surface area contributed by atoms with Gasteiger partial charge in [0.15, 0.2) is 11.8 Å². The van der Waals surface area contributed by atoms with Crippen molar-refractivity contribution >= 4 is 40.8 Å². The van der Waals surface area contributed by atoms with Gasteiger partial charge in [0.25, 0.3) is 0 Å². The quantitative estimate of drug-likeness (QED) is 0.167. The molecule has 3 N–H and O–H groups in total. The number of methoxy groups -OCH3 is 2. The van der Waals surface area contributed by atoms with E-state index in [4.69, 9.17) is 9.47 Å². The molecule has 0 atom stereocenters. The number of hydrogen-bond donors (Lipinski definition) is 3. The number of aromatic amines is 1. The van der Waals surface area contributed by atoms with Crippen LogP contribution in [0.15, 0.2) is 23.2 Å². The minimum Gasteiger partial charge on any atom is -0.497 e. The molecule has 0 radical (unpaired) electrons.